The van der Waals surface area contributed by atoms with Crippen molar-refractivity contribution in [2.45, 2.75) is 38.1 Å². The van der Waals surface area contributed by atoms with E-state index in [2.05, 4.69) is 22.5 Å². The highest BCUT2D eigenvalue weighted by Gasteiger charge is 2.29. The first-order chi connectivity index (χ1) is 18.1. The van der Waals surface area contributed by atoms with Gasteiger partial charge in [-0.1, -0.05) is 18.1 Å². The summed E-state index contributed by atoms with van der Waals surface area (Å²) < 4.78 is 69.6. The van der Waals surface area contributed by atoms with Gasteiger partial charge in [-0.2, -0.15) is 13.2 Å². The minimum atomic E-state index is -4.38. The SMILES string of the molecule is CS(=O)(=O)CCN1C=C(NCC#Cc2cc3cc(CNC4CCOCC4)ccc3n2CC(F)(F)F)C=CC1. The van der Waals surface area contributed by atoms with Crippen molar-refractivity contribution in [2.24, 2.45) is 0 Å². The molecule has 206 valence electrons. The van der Waals surface area contributed by atoms with Crippen molar-refractivity contribution in [1.82, 2.24) is 20.1 Å². The minimum Gasteiger partial charge on any atom is -0.381 e. The van der Waals surface area contributed by atoms with Gasteiger partial charge in [-0.25, -0.2) is 8.42 Å². The number of halogens is 3. The second kappa shape index (κ2) is 12.3. The quantitative estimate of drug-likeness (QED) is 0.468. The first-order valence-electron chi connectivity index (χ1n) is 12.6. The highest BCUT2D eigenvalue weighted by Crippen LogP contribution is 2.26. The number of alkyl halides is 3. The fourth-order valence-corrected chi connectivity index (χ4v) is 5.05. The molecule has 2 aliphatic heterocycles. The molecule has 0 bridgehead atoms. The van der Waals surface area contributed by atoms with Crippen LogP contribution in [0.4, 0.5) is 13.2 Å². The van der Waals surface area contributed by atoms with Crippen molar-refractivity contribution < 1.29 is 26.3 Å². The smallest absolute Gasteiger partial charge is 0.381 e. The van der Waals surface area contributed by atoms with Crippen LogP contribution in [-0.2, 0) is 27.7 Å². The Balaban J connectivity index is 1.44. The lowest BCUT2D eigenvalue weighted by atomic mass is 10.1. The van der Waals surface area contributed by atoms with Crippen LogP contribution >= 0.6 is 0 Å². The highest BCUT2D eigenvalue weighted by atomic mass is 32.2. The maximum Gasteiger partial charge on any atom is 0.406 e. The van der Waals surface area contributed by atoms with Gasteiger partial charge in [0.15, 0.2) is 0 Å². The topological polar surface area (TPSA) is 75.6 Å². The molecule has 0 saturated carbocycles. The van der Waals surface area contributed by atoms with Crippen LogP contribution in [0.15, 0.2) is 48.3 Å². The van der Waals surface area contributed by atoms with Gasteiger partial charge in [0.05, 0.1) is 23.7 Å². The lowest BCUT2D eigenvalue weighted by molar-refractivity contribution is -0.140. The molecule has 4 rings (SSSR count). The summed E-state index contributed by atoms with van der Waals surface area (Å²) >= 11 is 0. The third kappa shape index (κ3) is 8.55. The van der Waals surface area contributed by atoms with Crippen LogP contribution in [0, 0.1) is 11.8 Å². The Kier molecular flexibility index (Phi) is 9.07. The first-order valence-corrected chi connectivity index (χ1v) is 14.6. The first kappa shape index (κ1) is 28.1. The molecule has 3 heterocycles. The summed E-state index contributed by atoms with van der Waals surface area (Å²) in [5.41, 5.74) is 2.56. The number of aromatic nitrogens is 1. The number of benzene rings is 1. The monoisotopic (exact) mass is 550 g/mol. The second-order valence-corrected chi connectivity index (χ2v) is 11.9. The van der Waals surface area contributed by atoms with Crippen LogP contribution in [0.3, 0.4) is 0 Å². The van der Waals surface area contributed by atoms with Crippen LogP contribution in [-0.4, -0.2) is 75.0 Å². The molecule has 0 atom stereocenters. The second-order valence-electron chi connectivity index (χ2n) is 9.66. The van der Waals surface area contributed by atoms with Gasteiger partial charge in [-0.05, 0) is 48.6 Å². The summed E-state index contributed by atoms with van der Waals surface area (Å²) in [4.78, 5) is 1.88. The van der Waals surface area contributed by atoms with Gasteiger partial charge in [-0.15, -0.1) is 0 Å². The molecule has 1 saturated heterocycles. The van der Waals surface area contributed by atoms with E-state index in [9.17, 15) is 21.6 Å². The molecule has 2 N–H and O–H groups in total. The molecule has 0 amide bonds. The van der Waals surface area contributed by atoms with E-state index < -0.39 is 22.6 Å². The summed E-state index contributed by atoms with van der Waals surface area (Å²) in [5, 5.41) is 7.36. The Morgan fingerprint density at radius 3 is 2.71 bits per heavy atom. The van der Waals surface area contributed by atoms with Gasteiger partial charge >= 0.3 is 6.18 Å². The maximum absolute atomic E-state index is 13.4. The van der Waals surface area contributed by atoms with Crippen LogP contribution in [0.1, 0.15) is 24.1 Å². The summed E-state index contributed by atoms with van der Waals surface area (Å²) in [7, 11) is -3.06. The predicted octanol–water partition coefficient (Wildman–Crippen LogP) is 3.17. The predicted molar refractivity (Wildman–Crippen MR) is 142 cm³/mol. The number of ether oxygens (including phenoxy) is 1. The Morgan fingerprint density at radius 1 is 1.18 bits per heavy atom. The number of allylic oxidation sites excluding steroid dienone is 1. The average Bonchev–Trinajstić information content (AvgIpc) is 3.19. The maximum atomic E-state index is 13.4. The largest absolute Gasteiger partial charge is 0.406 e. The normalized spacial score (nSPS) is 16.8. The van der Waals surface area contributed by atoms with Crippen LogP contribution < -0.4 is 10.6 Å². The van der Waals surface area contributed by atoms with E-state index in [1.165, 1.54) is 10.8 Å². The zero-order valence-corrected chi connectivity index (χ0v) is 22.2. The van der Waals surface area contributed by atoms with Crippen molar-refractivity contribution >= 4 is 20.7 Å². The number of rotatable bonds is 9. The Hall–Kier alpha value is -2.94. The lowest BCUT2D eigenvalue weighted by Crippen LogP contribution is -2.34. The molecular formula is C27H33F3N4O3S. The van der Waals surface area contributed by atoms with Crippen LogP contribution in [0.25, 0.3) is 10.9 Å². The van der Waals surface area contributed by atoms with Gasteiger partial charge in [-0.3, -0.25) is 0 Å². The third-order valence-electron chi connectivity index (χ3n) is 6.42. The third-order valence-corrected chi connectivity index (χ3v) is 7.35. The number of nitrogens with one attached hydrogen (secondary N) is 2. The van der Waals surface area contributed by atoms with Crippen molar-refractivity contribution in [3.8, 4) is 11.8 Å². The van der Waals surface area contributed by atoms with Crippen LogP contribution in [0.5, 0.6) is 0 Å². The van der Waals surface area contributed by atoms with E-state index in [0.717, 1.165) is 42.7 Å². The van der Waals surface area contributed by atoms with E-state index in [-0.39, 0.29) is 12.3 Å². The van der Waals surface area contributed by atoms with E-state index in [4.69, 9.17) is 4.74 Å². The highest BCUT2D eigenvalue weighted by molar-refractivity contribution is 7.90. The lowest BCUT2D eigenvalue weighted by Gasteiger charge is -2.23. The van der Waals surface area contributed by atoms with E-state index >= 15 is 0 Å². The number of fused-ring (bicyclic) bond motifs is 1. The molecule has 7 nitrogen and oxygen atoms in total. The standard InChI is InChI=1S/C27H33F3N4O3S/c1-38(35,36)15-12-33-11-3-4-24(19-33)31-10-2-5-25-17-22-16-21(18-32-23-8-13-37-14-9-23)6-7-26(22)34(25)20-27(28,29)30/h3-4,6-7,16-17,19,23,31-32H,8-15,18,20H2,1H3. The Morgan fingerprint density at radius 2 is 1.97 bits per heavy atom. The van der Waals surface area contributed by atoms with Crippen molar-refractivity contribution in [2.75, 3.05) is 44.9 Å². The molecule has 2 aromatic rings. The van der Waals surface area contributed by atoms with Gasteiger partial charge in [0.25, 0.3) is 0 Å². The molecule has 0 unspecified atom stereocenters. The van der Waals surface area contributed by atoms with Gasteiger partial charge in [0.2, 0.25) is 0 Å². The number of hydrogen-bond donors (Lipinski definition) is 2. The molecule has 0 radical (unpaired) electrons. The average molecular weight is 551 g/mol. The summed E-state index contributed by atoms with van der Waals surface area (Å²) in [6.45, 7) is 2.22. The van der Waals surface area contributed by atoms with Gasteiger partial charge in [0.1, 0.15) is 16.4 Å². The fourth-order valence-electron chi connectivity index (χ4n) is 4.48. The zero-order valence-electron chi connectivity index (χ0n) is 21.4. The molecule has 0 spiro atoms. The van der Waals surface area contributed by atoms with Crippen molar-refractivity contribution in [1.29, 1.82) is 0 Å². The van der Waals surface area contributed by atoms with Crippen molar-refractivity contribution in [3.05, 3.63) is 59.6 Å². The van der Waals surface area contributed by atoms with Gasteiger partial charge < -0.3 is 24.8 Å². The molecule has 1 aromatic heterocycles. The molecule has 0 aliphatic carbocycles. The summed E-state index contributed by atoms with van der Waals surface area (Å²) in [6.07, 6.45) is 4.32. The number of hydrogen-bond acceptors (Lipinski definition) is 6. The fraction of sp³-hybridized carbons (Fsp3) is 0.481. The number of nitrogens with zero attached hydrogens (tertiary/aromatic N) is 2. The Bertz CT molecular complexity index is 1350. The number of sulfone groups is 1. The molecule has 1 aromatic carbocycles. The molecule has 11 heteroatoms. The van der Waals surface area contributed by atoms with Crippen LogP contribution in [0.2, 0.25) is 0 Å². The van der Waals surface area contributed by atoms with E-state index in [1.54, 1.807) is 12.1 Å². The Labute approximate surface area is 221 Å². The minimum absolute atomic E-state index is 0.0570. The molecular weight excluding hydrogens is 517 g/mol. The summed E-state index contributed by atoms with van der Waals surface area (Å²) in [5.74, 6) is 5.89. The van der Waals surface area contributed by atoms with Gasteiger partial charge in [0, 0.05) is 62.2 Å². The van der Waals surface area contributed by atoms with E-state index in [1.807, 2.05) is 35.4 Å². The molecule has 1 fully saturated rings. The van der Waals surface area contributed by atoms with Crippen molar-refractivity contribution in [3.63, 3.8) is 0 Å². The molecule has 2 aliphatic rings. The zero-order chi connectivity index (χ0) is 27.2. The summed E-state index contributed by atoms with van der Waals surface area (Å²) in [6, 6.07) is 7.59. The van der Waals surface area contributed by atoms with E-state index in [0.29, 0.717) is 36.9 Å². The molecule has 38 heavy (non-hydrogen) atoms.